The van der Waals surface area contributed by atoms with E-state index in [1.54, 1.807) is 30.5 Å². The maximum atomic E-state index is 12.4. The largest absolute Gasteiger partial charge is 0.333 e. The average Bonchev–Trinajstić information content (AvgIpc) is 3.20. The highest BCUT2D eigenvalue weighted by Gasteiger charge is 2.14. The van der Waals surface area contributed by atoms with Crippen molar-refractivity contribution in [3.8, 4) is 11.1 Å². The third-order valence-electron chi connectivity index (χ3n) is 4.05. The van der Waals surface area contributed by atoms with E-state index in [9.17, 15) is 4.79 Å². The second-order valence-corrected chi connectivity index (χ2v) is 6.64. The highest BCUT2D eigenvalue weighted by atomic mass is 16.2. The van der Waals surface area contributed by atoms with Gasteiger partial charge in [-0.2, -0.15) is 5.10 Å². The number of anilines is 1. The molecule has 0 atom stereocenters. The maximum Gasteiger partial charge on any atom is 0.320 e. The Balaban J connectivity index is 1.66. The number of amides is 2. The van der Waals surface area contributed by atoms with Crippen LogP contribution in [0, 0.1) is 5.92 Å². The van der Waals surface area contributed by atoms with Crippen molar-refractivity contribution in [2.24, 2.45) is 13.0 Å². The molecule has 0 fully saturated rings. The van der Waals surface area contributed by atoms with Gasteiger partial charge >= 0.3 is 6.03 Å². The predicted octanol–water partition coefficient (Wildman–Crippen LogP) is 3.26. The second kappa shape index (κ2) is 7.86. The number of rotatable bonds is 6. The molecule has 2 amide bonds. The van der Waals surface area contributed by atoms with Crippen molar-refractivity contribution in [2.45, 2.75) is 26.9 Å². The van der Waals surface area contributed by atoms with E-state index in [1.807, 2.05) is 30.3 Å². The zero-order valence-electron chi connectivity index (χ0n) is 15.3. The fourth-order valence-electron chi connectivity index (χ4n) is 2.79. The average molecular weight is 352 g/mol. The summed E-state index contributed by atoms with van der Waals surface area (Å²) in [6.45, 7) is 5.59. The topological polar surface area (TPSA) is 76.8 Å². The third kappa shape index (κ3) is 4.11. The molecule has 136 valence electrons. The molecule has 0 aliphatic heterocycles. The van der Waals surface area contributed by atoms with Crippen LogP contribution in [0.4, 0.5) is 10.6 Å². The van der Waals surface area contributed by atoms with E-state index in [0.29, 0.717) is 18.3 Å². The summed E-state index contributed by atoms with van der Waals surface area (Å²) in [7, 11) is 1.81. The zero-order chi connectivity index (χ0) is 18.5. The van der Waals surface area contributed by atoms with E-state index < -0.39 is 0 Å². The monoisotopic (exact) mass is 352 g/mol. The Morgan fingerprint density at radius 3 is 2.69 bits per heavy atom. The molecule has 0 saturated carbocycles. The molecule has 1 aromatic carbocycles. The standard InChI is InChI=1S/C19H24N6O/c1-14(2)12-25-13-20-9-16(25)10-21-19(26)23-18-17(11-22-24(18)3)15-7-5-4-6-8-15/h4-9,11,13-14H,10,12H2,1-3H3,(H2,21,23,26). The van der Waals surface area contributed by atoms with Crippen LogP contribution in [-0.2, 0) is 20.1 Å². The van der Waals surface area contributed by atoms with E-state index in [4.69, 9.17) is 0 Å². The molecule has 0 bridgehead atoms. The van der Waals surface area contributed by atoms with Crippen LogP contribution in [0.3, 0.4) is 0 Å². The van der Waals surface area contributed by atoms with Gasteiger partial charge in [0.2, 0.25) is 0 Å². The first kappa shape index (κ1) is 17.7. The van der Waals surface area contributed by atoms with E-state index in [1.165, 1.54) is 0 Å². The van der Waals surface area contributed by atoms with Crippen LogP contribution in [0.1, 0.15) is 19.5 Å². The van der Waals surface area contributed by atoms with Crippen LogP contribution in [0.25, 0.3) is 11.1 Å². The lowest BCUT2D eigenvalue weighted by Gasteiger charge is -2.12. The molecule has 0 spiro atoms. The molecule has 0 aliphatic carbocycles. The molecule has 7 heteroatoms. The summed E-state index contributed by atoms with van der Waals surface area (Å²) in [4.78, 5) is 16.6. The van der Waals surface area contributed by atoms with Crippen molar-refractivity contribution in [3.05, 3.63) is 54.7 Å². The van der Waals surface area contributed by atoms with Crippen LogP contribution >= 0.6 is 0 Å². The highest BCUT2D eigenvalue weighted by Crippen LogP contribution is 2.26. The first-order valence-electron chi connectivity index (χ1n) is 8.66. The summed E-state index contributed by atoms with van der Waals surface area (Å²) in [6, 6.07) is 9.59. The molecule has 2 heterocycles. The van der Waals surface area contributed by atoms with Gasteiger partial charge in [0, 0.05) is 25.4 Å². The first-order valence-corrected chi connectivity index (χ1v) is 8.66. The molecule has 3 rings (SSSR count). The number of hydrogen-bond donors (Lipinski definition) is 2. The molecule has 3 aromatic rings. The van der Waals surface area contributed by atoms with Gasteiger partial charge in [-0.25, -0.2) is 9.78 Å². The molecule has 26 heavy (non-hydrogen) atoms. The van der Waals surface area contributed by atoms with Gasteiger partial charge in [-0.15, -0.1) is 0 Å². The maximum absolute atomic E-state index is 12.4. The van der Waals surface area contributed by atoms with Gasteiger partial charge in [0.1, 0.15) is 5.82 Å². The summed E-state index contributed by atoms with van der Waals surface area (Å²) in [5.41, 5.74) is 2.86. The molecule has 7 nitrogen and oxygen atoms in total. The van der Waals surface area contributed by atoms with E-state index in [0.717, 1.165) is 23.4 Å². The fourth-order valence-corrected chi connectivity index (χ4v) is 2.79. The van der Waals surface area contributed by atoms with E-state index in [-0.39, 0.29) is 6.03 Å². The van der Waals surface area contributed by atoms with Crippen LogP contribution in [0.15, 0.2) is 49.1 Å². The van der Waals surface area contributed by atoms with Gasteiger partial charge in [0.25, 0.3) is 0 Å². The van der Waals surface area contributed by atoms with Gasteiger partial charge in [0.05, 0.1) is 24.8 Å². The number of carbonyl (C=O) groups is 1. The lowest BCUT2D eigenvalue weighted by atomic mass is 10.1. The van der Waals surface area contributed by atoms with Gasteiger partial charge < -0.3 is 9.88 Å². The van der Waals surface area contributed by atoms with Gasteiger partial charge in [-0.3, -0.25) is 10.00 Å². The molecule has 0 aliphatic rings. The number of urea groups is 1. The number of carbonyl (C=O) groups excluding carboxylic acids is 1. The molecule has 0 radical (unpaired) electrons. The summed E-state index contributed by atoms with van der Waals surface area (Å²) in [5.74, 6) is 1.17. The number of aromatic nitrogens is 4. The molecule has 0 unspecified atom stereocenters. The minimum atomic E-state index is -0.275. The summed E-state index contributed by atoms with van der Waals surface area (Å²) >= 11 is 0. The zero-order valence-corrected chi connectivity index (χ0v) is 15.3. The number of imidazole rings is 1. The van der Waals surface area contributed by atoms with Crippen LogP contribution in [0.2, 0.25) is 0 Å². The van der Waals surface area contributed by atoms with Crippen molar-refractivity contribution in [2.75, 3.05) is 5.32 Å². The normalized spacial score (nSPS) is 10.9. The molecule has 0 saturated heterocycles. The number of benzene rings is 1. The van der Waals surface area contributed by atoms with E-state index in [2.05, 4.69) is 39.1 Å². The molecule has 2 aromatic heterocycles. The SMILES string of the molecule is CC(C)Cn1cncc1CNC(=O)Nc1c(-c2ccccc2)cnn1C. The van der Waals surface area contributed by atoms with Crippen molar-refractivity contribution in [3.63, 3.8) is 0 Å². The minimum Gasteiger partial charge on any atom is -0.333 e. The van der Waals surface area contributed by atoms with E-state index >= 15 is 0 Å². The van der Waals surface area contributed by atoms with Crippen LogP contribution in [-0.4, -0.2) is 25.4 Å². The summed E-state index contributed by atoms with van der Waals surface area (Å²) in [5, 5.41) is 10.1. The van der Waals surface area contributed by atoms with Gasteiger partial charge in [0.15, 0.2) is 0 Å². The Bertz CT molecular complexity index is 865. The Kier molecular flexibility index (Phi) is 5.36. The van der Waals surface area contributed by atoms with Gasteiger partial charge in [-0.1, -0.05) is 44.2 Å². The lowest BCUT2D eigenvalue weighted by Crippen LogP contribution is -2.30. The van der Waals surface area contributed by atoms with Crippen molar-refractivity contribution in [1.82, 2.24) is 24.6 Å². The lowest BCUT2D eigenvalue weighted by molar-refractivity contribution is 0.251. The number of nitrogens with zero attached hydrogens (tertiary/aromatic N) is 4. The van der Waals surface area contributed by atoms with Crippen LogP contribution in [0.5, 0.6) is 0 Å². The summed E-state index contributed by atoms with van der Waals surface area (Å²) in [6.07, 6.45) is 5.33. The molecular weight excluding hydrogens is 328 g/mol. The third-order valence-corrected chi connectivity index (χ3v) is 4.05. The molecular formula is C19H24N6O. The fraction of sp³-hybridized carbons (Fsp3) is 0.316. The van der Waals surface area contributed by atoms with Crippen molar-refractivity contribution < 1.29 is 4.79 Å². The smallest absolute Gasteiger partial charge is 0.320 e. The van der Waals surface area contributed by atoms with Crippen molar-refractivity contribution in [1.29, 1.82) is 0 Å². The quantitative estimate of drug-likeness (QED) is 0.715. The number of nitrogens with one attached hydrogen (secondary N) is 2. The Morgan fingerprint density at radius 2 is 1.96 bits per heavy atom. The summed E-state index contributed by atoms with van der Waals surface area (Å²) < 4.78 is 3.72. The van der Waals surface area contributed by atoms with Crippen molar-refractivity contribution >= 4 is 11.8 Å². The first-order chi connectivity index (χ1) is 12.5. The Labute approximate surface area is 153 Å². The predicted molar refractivity (Wildman–Crippen MR) is 102 cm³/mol. The second-order valence-electron chi connectivity index (χ2n) is 6.64. The molecule has 2 N–H and O–H groups in total. The Morgan fingerprint density at radius 1 is 1.19 bits per heavy atom. The highest BCUT2D eigenvalue weighted by molar-refractivity contribution is 5.93. The number of hydrogen-bond acceptors (Lipinski definition) is 3. The van der Waals surface area contributed by atoms with Gasteiger partial charge in [-0.05, 0) is 11.5 Å². The minimum absolute atomic E-state index is 0.275. The number of aryl methyl sites for hydroxylation is 1. The van der Waals surface area contributed by atoms with Crippen LogP contribution < -0.4 is 10.6 Å². The Hall–Kier alpha value is -3.09.